The predicted molar refractivity (Wildman–Crippen MR) is 44.5 cm³/mol. The summed E-state index contributed by atoms with van der Waals surface area (Å²) in [6.45, 7) is 6.21. The molecule has 1 rings (SSSR count). The quantitative estimate of drug-likeness (QED) is 0.616. The zero-order valence-electron chi connectivity index (χ0n) is 7.63. The fourth-order valence-corrected chi connectivity index (χ4v) is 1.15. The second kappa shape index (κ2) is 3.13. The van der Waals surface area contributed by atoms with Gasteiger partial charge >= 0.3 is 6.03 Å². The molecular weight excluding hydrogens is 156 g/mol. The lowest BCUT2D eigenvalue weighted by molar-refractivity contribution is -0.118. The molecule has 0 aliphatic carbocycles. The van der Waals surface area contributed by atoms with Crippen molar-refractivity contribution in [3.05, 3.63) is 0 Å². The molecule has 4 heteroatoms. The maximum Gasteiger partial charge on any atom is 0.324 e. The van der Waals surface area contributed by atoms with Crippen molar-refractivity contribution in [3.63, 3.8) is 0 Å². The molecule has 0 aromatic carbocycles. The number of hydrogen-bond acceptors (Lipinski definition) is 2. The van der Waals surface area contributed by atoms with E-state index < -0.39 is 0 Å². The van der Waals surface area contributed by atoms with Gasteiger partial charge in [0, 0.05) is 6.04 Å². The summed E-state index contributed by atoms with van der Waals surface area (Å²) in [5, 5.41) is 2.25. The molecule has 0 bridgehead atoms. The van der Waals surface area contributed by atoms with Crippen molar-refractivity contribution in [1.29, 1.82) is 0 Å². The molecule has 68 valence electrons. The Morgan fingerprint density at radius 2 is 1.92 bits per heavy atom. The Labute approximate surface area is 71.9 Å². The van der Waals surface area contributed by atoms with Gasteiger partial charge in [0.05, 0.1) is 0 Å². The summed E-state index contributed by atoms with van der Waals surface area (Å²) in [6, 6.07) is -0.141. The topological polar surface area (TPSA) is 49.4 Å². The van der Waals surface area contributed by atoms with Crippen LogP contribution >= 0.6 is 0 Å². The molecular formula is C8H14N2O2. The lowest BCUT2D eigenvalue weighted by Crippen LogP contribution is -2.39. The number of imide groups is 1. The minimum Gasteiger partial charge on any atom is -0.312 e. The van der Waals surface area contributed by atoms with Crippen LogP contribution in [0.5, 0.6) is 0 Å². The number of nitrogens with one attached hydrogen (secondary N) is 1. The molecule has 1 fully saturated rings. The molecule has 1 heterocycles. The largest absolute Gasteiger partial charge is 0.324 e. The van der Waals surface area contributed by atoms with Crippen LogP contribution in [0.1, 0.15) is 20.8 Å². The highest BCUT2D eigenvalue weighted by Gasteiger charge is 2.31. The second-order valence-electron chi connectivity index (χ2n) is 3.47. The molecule has 1 aliphatic rings. The third-order valence-corrected chi connectivity index (χ3v) is 2.28. The summed E-state index contributed by atoms with van der Waals surface area (Å²) in [4.78, 5) is 23.5. The number of carbonyl (C=O) groups excluding carboxylic acids is 2. The van der Waals surface area contributed by atoms with Crippen LogP contribution in [0.25, 0.3) is 0 Å². The van der Waals surface area contributed by atoms with E-state index in [0.29, 0.717) is 5.92 Å². The van der Waals surface area contributed by atoms with Crippen molar-refractivity contribution < 1.29 is 9.59 Å². The number of rotatable bonds is 2. The first-order valence-electron chi connectivity index (χ1n) is 4.13. The third-order valence-electron chi connectivity index (χ3n) is 2.28. The first kappa shape index (κ1) is 9.03. The van der Waals surface area contributed by atoms with E-state index in [4.69, 9.17) is 0 Å². The van der Waals surface area contributed by atoms with Crippen LogP contribution < -0.4 is 5.32 Å². The summed E-state index contributed by atoms with van der Waals surface area (Å²) in [5.74, 6) is 0.175. The van der Waals surface area contributed by atoms with Crippen molar-refractivity contribution in [2.24, 2.45) is 5.92 Å². The molecule has 1 atom stereocenters. The van der Waals surface area contributed by atoms with Crippen molar-refractivity contribution >= 4 is 11.9 Å². The minimum atomic E-state index is -0.263. The molecule has 1 unspecified atom stereocenters. The molecule has 0 spiro atoms. The van der Waals surface area contributed by atoms with Crippen LogP contribution in [0.15, 0.2) is 0 Å². The second-order valence-corrected chi connectivity index (χ2v) is 3.47. The normalized spacial score (nSPS) is 20.2. The van der Waals surface area contributed by atoms with Gasteiger partial charge in [0.25, 0.3) is 0 Å². The predicted octanol–water partition coefficient (Wildman–Crippen LogP) is 0.583. The van der Waals surface area contributed by atoms with Gasteiger partial charge < -0.3 is 4.90 Å². The van der Waals surface area contributed by atoms with Crippen LogP contribution in [-0.2, 0) is 4.79 Å². The Hall–Kier alpha value is -1.06. The van der Waals surface area contributed by atoms with Crippen molar-refractivity contribution in [2.75, 3.05) is 6.54 Å². The summed E-state index contributed by atoms with van der Waals surface area (Å²) in [6.07, 6.45) is 0. The van der Waals surface area contributed by atoms with Crippen molar-refractivity contribution in [3.8, 4) is 0 Å². The van der Waals surface area contributed by atoms with Gasteiger partial charge in [0.1, 0.15) is 6.54 Å². The van der Waals surface area contributed by atoms with Gasteiger partial charge in [-0.05, 0) is 12.8 Å². The maximum absolute atomic E-state index is 11.1. The standard InChI is InChI=1S/C8H14N2O2/c1-5(2)6(3)10-4-7(11)9-8(10)12/h5-6H,4H2,1-3H3,(H,9,11,12). The fraction of sp³-hybridized carbons (Fsp3) is 0.750. The molecule has 4 nitrogen and oxygen atoms in total. The van der Waals surface area contributed by atoms with Crippen LogP contribution in [0.2, 0.25) is 0 Å². The van der Waals surface area contributed by atoms with Crippen LogP contribution in [-0.4, -0.2) is 29.4 Å². The molecule has 1 aliphatic heterocycles. The highest BCUT2D eigenvalue weighted by atomic mass is 16.2. The molecule has 3 amide bonds. The Balaban J connectivity index is 2.64. The zero-order chi connectivity index (χ0) is 9.30. The van der Waals surface area contributed by atoms with Gasteiger partial charge in [-0.3, -0.25) is 10.1 Å². The zero-order valence-corrected chi connectivity index (χ0v) is 7.63. The molecule has 0 radical (unpaired) electrons. The Morgan fingerprint density at radius 1 is 1.33 bits per heavy atom. The van der Waals surface area contributed by atoms with E-state index in [-0.39, 0.29) is 24.5 Å². The summed E-state index contributed by atoms with van der Waals surface area (Å²) in [7, 11) is 0. The summed E-state index contributed by atoms with van der Waals surface area (Å²) in [5.41, 5.74) is 0. The number of nitrogens with zero attached hydrogens (tertiary/aromatic N) is 1. The van der Waals surface area contributed by atoms with E-state index in [9.17, 15) is 9.59 Å². The van der Waals surface area contributed by atoms with E-state index in [1.54, 1.807) is 4.90 Å². The average Bonchev–Trinajstić information content (AvgIpc) is 2.28. The van der Waals surface area contributed by atoms with Gasteiger partial charge in [-0.15, -0.1) is 0 Å². The van der Waals surface area contributed by atoms with Crippen LogP contribution in [0.4, 0.5) is 4.79 Å². The first-order valence-corrected chi connectivity index (χ1v) is 4.13. The number of carbonyl (C=O) groups is 2. The van der Waals surface area contributed by atoms with Gasteiger partial charge in [-0.2, -0.15) is 0 Å². The molecule has 0 aromatic heterocycles. The number of amides is 3. The van der Waals surface area contributed by atoms with E-state index in [2.05, 4.69) is 5.32 Å². The van der Waals surface area contributed by atoms with Gasteiger partial charge in [0.15, 0.2) is 0 Å². The van der Waals surface area contributed by atoms with Crippen molar-refractivity contribution in [1.82, 2.24) is 10.2 Å². The smallest absolute Gasteiger partial charge is 0.312 e. The van der Waals surface area contributed by atoms with Crippen LogP contribution in [0, 0.1) is 5.92 Å². The SMILES string of the molecule is CC(C)C(C)N1CC(=O)NC1=O. The van der Waals surface area contributed by atoms with Gasteiger partial charge in [-0.1, -0.05) is 13.8 Å². The van der Waals surface area contributed by atoms with E-state index >= 15 is 0 Å². The minimum absolute atomic E-state index is 0.122. The average molecular weight is 170 g/mol. The highest BCUT2D eigenvalue weighted by molar-refractivity contribution is 6.02. The number of hydrogen-bond donors (Lipinski definition) is 1. The molecule has 1 saturated heterocycles. The summed E-state index contributed by atoms with van der Waals surface area (Å²) >= 11 is 0. The van der Waals surface area contributed by atoms with Crippen LogP contribution in [0.3, 0.4) is 0 Å². The van der Waals surface area contributed by atoms with E-state index in [1.807, 2.05) is 20.8 Å². The number of urea groups is 1. The lowest BCUT2D eigenvalue weighted by Gasteiger charge is -2.25. The van der Waals surface area contributed by atoms with Gasteiger partial charge in [0.2, 0.25) is 5.91 Å². The fourth-order valence-electron chi connectivity index (χ4n) is 1.15. The molecule has 0 saturated carbocycles. The summed E-state index contributed by atoms with van der Waals surface area (Å²) < 4.78 is 0. The lowest BCUT2D eigenvalue weighted by atomic mass is 10.1. The van der Waals surface area contributed by atoms with Gasteiger partial charge in [-0.25, -0.2) is 4.79 Å². The van der Waals surface area contributed by atoms with E-state index in [1.165, 1.54) is 0 Å². The monoisotopic (exact) mass is 170 g/mol. The van der Waals surface area contributed by atoms with E-state index in [0.717, 1.165) is 0 Å². The highest BCUT2D eigenvalue weighted by Crippen LogP contribution is 2.12. The first-order chi connectivity index (χ1) is 5.52. The molecule has 0 aromatic rings. The molecule has 1 N–H and O–H groups in total. The van der Waals surface area contributed by atoms with Crippen molar-refractivity contribution in [2.45, 2.75) is 26.8 Å². The maximum atomic E-state index is 11.1. The Kier molecular flexibility index (Phi) is 2.35. The third kappa shape index (κ3) is 1.57. The Bertz CT molecular complexity index is 213. The Morgan fingerprint density at radius 3 is 2.25 bits per heavy atom. The molecule has 12 heavy (non-hydrogen) atoms.